The van der Waals surface area contributed by atoms with Crippen LogP contribution in [0, 0.1) is 17.6 Å². The summed E-state index contributed by atoms with van der Waals surface area (Å²) in [6, 6.07) is 19.1. The average Bonchev–Trinajstić information content (AvgIpc) is 3.95. The summed E-state index contributed by atoms with van der Waals surface area (Å²) in [6.07, 6.45) is 7.57. The first-order chi connectivity index (χ1) is 30.5. The third kappa shape index (κ3) is 9.05. The first-order valence-electron chi connectivity index (χ1n) is 22.2. The third-order valence-electron chi connectivity index (χ3n) is 12.5. The molecule has 0 aliphatic heterocycles. The van der Waals surface area contributed by atoms with Crippen LogP contribution in [-0.4, -0.2) is 61.6 Å². The molecule has 0 amide bonds. The molecule has 13 heteroatoms. The molecule has 0 saturated carbocycles. The van der Waals surface area contributed by atoms with Gasteiger partial charge in [-0.3, -0.25) is 9.67 Å². The Hall–Kier alpha value is -5.92. The number of thiocarbonyl (C=S) groups is 1. The molecule has 0 fully saturated rings. The van der Waals surface area contributed by atoms with E-state index in [9.17, 15) is 20.4 Å². The Morgan fingerprint density at radius 3 is 2.31 bits per heavy atom. The smallest absolute Gasteiger partial charge is 0.200 e. The molecular formula is C51H60N6O5S2. The minimum Gasteiger partial charge on any atom is -0.508 e. The Morgan fingerprint density at radius 1 is 0.875 bits per heavy atom. The van der Waals surface area contributed by atoms with Crippen molar-refractivity contribution in [2.24, 2.45) is 18.0 Å². The standard InChI is InChI=1S/C51H60N6O5S2/c1-10-33-23-38(45(60)25-43(33)58)31(8)40(52-50(63)34(11-2)21-32-14-15-41-37(22-32)30(7)27-55(41)9)13-12-20-62-47-17-16-42(35-18-19-56(29(5)6)48(35)47)57-49(53-54-51(57)64)39-24-36(28(3)4)44(59)26-46(39)61/h14-19,22-29,31,34,58-61H,10-13,20-21H2,1-9H3,(H,54,64). The number of aromatic hydroxyl groups is 4. The van der Waals surface area contributed by atoms with Crippen LogP contribution in [0.5, 0.6) is 28.7 Å². The van der Waals surface area contributed by atoms with Gasteiger partial charge in [-0.05, 0) is 136 Å². The van der Waals surface area contributed by atoms with Crippen molar-refractivity contribution in [2.75, 3.05) is 6.61 Å². The van der Waals surface area contributed by atoms with Crippen LogP contribution in [0.15, 0.2) is 78.0 Å². The maximum atomic E-state index is 11.1. The number of aliphatic imine (C=N–C) groups is 1. The number of benzene rings is 4. The van der Waals surface area contributed by atoms with Crippen molar-refractivity contribution in [3.8, 4) is 45.8 Å². The lowest BCUT2D eigenvalue weighted by atomic mass is 9.90. The van der Waals surface area contributed by atoms with Gasteiger partial charge in [-0.1, -0.05) is 52.9 Å². The molecule has 0 spiro atoms. The molecule has 0 aliphatic rings. The van der Waals surface area contributed by atoms with Crippen LogP contribution in [0.4, 0.5) is 0 Å². The van der Waals surface area contributed by atoms with Gasteiger partial charge >= 0.3 is 0 Å². The van der Waals surface area contributed by atoms with Crippen LogP contribution < -0.4 is 4.74 Å². The maximum Gasteiger partial charge on any atom is 0.200 e. The van der Waals surface area contributed by atoms with Crippen LogP contribution in [-0.2, 0) is 19.9 Å². The monoisotopic (exact) mass is 900 g/mol. The molecule has 3 heterocycles. The molecule has 0 saturated heterocycles. The first-order valence-corrected chi connectivity index (χ1v) is 23.0. The Kier molecular flexibility index (Phi) is 13.7. The number of phenols is 4. The minimum absolute atomic E-state index is 0.00713. The topological polar surface area (TPSA) is 146 Å². The SMILES string of the molecule is CCc1cc(C(C)C(CCCOc2ccc(-n3c(-c4cc(C(C)C)c(O)cc4O)n[nH]c3=S)c3ccn(C(C)C)c23)=NC(=S)C(CC)Cc2ccc3c(c2)c(C)cn3C)c(O)cc1O. The number of rotatable bonds is 16. The lowest BCUT2D eigenvalue weighted by Gasteiger charge is -2.21. The van der Waals surface area contributed by atoms with Gasteiger partial charge in [-0.25, -0.2) is 4.99 Å². The molecule has 336 valence electrons. The van der Waals surface area contributed by atoms with Crippen LogP contribution in [0.2, 0.25) is 0 Å². The Morgan fingerprint density at radius 2 is 1.61 bits per heavy atom. The third-order valence-corrected chi connectivity index (χ3v) is 13.2. The zero-order valence-electron chi connectivity index (χ0n) is 38.2. The molecule has 64 heavy (non-hydrogen) atoms. The molecule has 7 rings (SSSR count). The summed E-state index contributed by atoms with van der Waals surface area (Å²) in [6.45, 7) is 16.9. The lowest BCUT2D eigenvalue weighted by Crippen LogP contribution is -2.18. The number of aromatic amines is 1. The predicted molar refractivity (Wildman–Crippen MR) is 265 cm³/mol. The van der Waals surface area contributed by atoms with Crippen molar-refractivity contribution in [3.63, 3.8) is 0 Å². The number of hydrogen-bond donors (Lipinski definition) is 5. The van der Waals surface area contributed by atoms with Gasteiger partial charge < -0.3 is 34.3 Å². The van der Waals surface area contributed by atoms with Crippen molar-refractivity contribution >= 4 is 56.9 Å². The van der Waals surface area contributed by atoms with Crippen molar-refractivity contribution in [1.29, 1.82) is 0 Å². The van der Waals surface area contributed by atoms with E-state index in [2.05, 4.69) is 78.5 Å². The summed E-state index contributed by atoms with van der Waals surface area (Å²) in [5, 5.41) is 52.9. The fraction of sp³-hybridized carbons (Fsp3) is 0.373. The van der Waals surface area contributed by atoms with Crippen LogP contribution >= 0.6 is 24.4 Å². The number of nitrogens with one attached hydrogen (secondary N) is 1. The highest BCUT2D eigenvalue weighted by molar-refractivity contribution is 7.80. The molecule has 3 aromatic heterocycles. The number of fused-ring (bicyclic) bond motifs is 2. The van der Waals surface area contributed by atoms with E-state index < -0.39 is 0 Å². The van der Waals surface area contributed by atoms with Gasteiger partial charge in [-0.2, -0.15) is 5.10 Å². The van der Waals surface area contributed by atoms with Crippen molar-refractivity contribution in [2.45, 2.75) is 105 Å². The average molecular weight is 901 g/mol. The largest absolute Gasteiger partial charge is 0.508 e. The van der Waals surface area contributed by atoms with E-state index in [1.54, 1.807) is 6.07 Å². The van der Waals surface area contributed by atoms with E-state index in [1.807, 2.05) is 62.7 Å². The highest BCUT2D eigenvalue weighted by atomic mass is 32.1. The highest BCUT2D eigenvalue weighted by Crippen LogP contribution is 2.41. The second kappa shape index (κ2) is 19.0. The summed E-state index contributed by atoms with van der Waals surface area (Å²) in [7, 11) is 2.07. The van der Waals surface area contributed by atoms with Gasteiger partial charge in [0.05, 0.1) is 23.4 Å². The fourth-order valence-electron chi connectivity index (χ4n) is 8.86. The summed E-state index contributed by atoms with van der Waals surface area (Å²) in [5.41, 5.74) is 8.72. The van der Waals surface area contributed by atoms with E-state index in [0.29, 0.717) is 63.9 Å². The van der Waals surface area contributed by atoms with Gasteiger partial charge in [0.1, 0.15) is 33.7 Å². The lowest BCUT2D eigenvalue weighted by molar-refractivity contribution is 0.315. The van der Waals surface area contributed by atoms with Crippen molar-refractivity contribution in [1.82, 2.24) is 23.9 Å². The van der Waals surface area contributed by atoms with Crippen LogP contribution in [0.3, 0.4) is 0 Å². The first kappa shape index (κ1) is 46.1. The molecule has 2 atom stereocenters. The predicted octanol–water partition coefficient (Wildman–Crippen LogP) is 12.4. The molecule has 5 N–H and O–H groups in total. The Bertz CT molecular complexity index is 2950. The Balaban J connectivity index is 1.18. The van der Waals surface area contributed by atoms with Gasteiger partial charge in [0, 0.05) is 77.0 Å². The zero-order chi connectivity index (χ0) is 46.1. The summed E-state index contributed by atoms with van der Waals surface area (Å²) >= 11 is 11.9. The minimum atomic E-state index is -0.285. The van der Waals surface area contributed by atoms with E-state index >= 15 is 0 Å². The summed E-state index contributed by atoms with van der Waals surface area (Å²) in [4.78, 5) is 5.85. The molecule has 11 nitrogen and oxygen atoms in total. The molecule has 4 aromatic carbocycles. The van der Waals surface area contributed by atoms with Gasteiger partial charge in [0.15, 0.2) is 10.6 Å². The normalized spacial score (nSPS) is 13.1. The van der Waals surface area contributed by atoms with E-state index in [1.165, 1.54) is 34.2 Å². The van der Waals surface area contributed by atoms with Gasteiger partial charge in [0.2, 0.25) is 0 Å². The Labute approximate surface area is 385 Å². The fourth-order valence-corrected chi connectivity index (χ4v) is 9.46. The highest BCUT2D eigenvalue weighted by Gasteiger charge is 2.24. The number of H-pyrrole nitrogens is 1. The zero-order valence-corrected chi connectivity index (χ0v) is 39.9. The van der Waals surface area contributed by atoms with Gasteiger partial charge in [0.25, 0.3) is 0 Å². The van der Waals surface area contributed by atoms with E-state index in [0.717, 1.165) is 40.7 Å². The second-order valence-corrected chi connectivity index (χ2v) is 18.3. The number of aryl methyl sites for hydroxylation is 3. The van der Waals surface area contributed by atoms with E-state index in [4.69, 9.17) is 34.2 Å². The molecule has 0 radical (unpaired) electrons. The number of phenolic OH excluding ortho intramolecular Hbond substituents is 4. The molecule has 0 bridgehead atoms. The van der Waals surface area contributed by atoms with Crippen LogP contribution in [0.1, 0.15) is 113 Å². The number of hydrogen-bond acceptors (Lipinski definition) is 8. The summed E-state index contributed by atoms with van der Waals surface area (Å²) in [5.74, 6) is 0.877. The van der Waals surface area contributed by atoms with Gasteiger partial charge in [-0.15, -0.1) is 0 Å². The van der Waals surface area contributed by atoms with E-state index in [-0.39, 0.29) is 46.8 Å². The van der Waals surface area contributed by atoms with Crippen molar-refractivity contribution < 1.29 is 25.2 Å². The number of ether oxygens (including phenoxy) is 1. The molecule has 2 unspecified atom stereocenters. The second-order valence-electron chi connectivity index (χ2n) is 17.5. The maximum absolute atomic E-state index is 11.1. The molecular weight excluding hydrogens is 841 g/mol. The van der Waals surface area contributed by atoms with Crippen LogP contribution in [0.25, 0.3) is 38.9 Å². The number of nitrogens with zero attached hydrogens (tertiary/aromatic N) is 5. The molecule has 0 aliphatic carbocycles. The quantitative estimate of drug-likeness (QED) is 0.0366. The molecule has 7 aromatic rings. The number of aromatic nitrogens is 5. The summed E-state index contributed by atoms with van der Waals surface area (Å²) < 4.78 is 13.1. The van der Waals surface area contributed by atoms with Crippen molar-refractivity contribution in [3.05, 3.63) is 106 Å².